The van der Waals surface area contributed by atoms with E-state index in [-0.39, 0.29) is 24.0 Å². The molecule has 0 aliphatic rings. The molecule has 0 aliphatic carbocycles. The van der Waals surface area contributed by atoms with Crippen LogP contribution in [0.1, 0.15) is 18.2 Å². The Morgan fingerprint density at radius 3 is 2.67 bits per heavy atom. The zero-order valence-corrected chi connectivity index (χ0v) is 19.0. The molecule has 0 saturated heterocycles. The average Bonchev–Trinajstić information content (AvgIpc) is 3.25. The summed E-state index contributed by atoms with van der Waals surface area (Å²) in [6.45, 7) is 3.88. The molecule has 0 saturated carbocycles. The normalized spacial score (nSPS) is 11.2. The molecule has 4 rings (SSSR count). The Kier molecular flexibility index (Phi) is 7.78. The number of guanidine groups is 1. The van der Waals surface area contributed by atoms with Crippen molar-refractivity contribution in [1.82, 2.24) is 20.6 Å². The van der Waals surface area contributed by atoms with Crippen LogP contribution in [-0.4, -0.2) is 22.5 Å². The molecule has 0 aliphatic heterocycles. The van der Waals surface area contributed by atoms with E-state index < -0.39 is 0 Å². The summed E-state index contributed by atoms with van der Waals surface area (Å²) in [5.41, 5.74) is 3.86. The number of aliphatic imine (C=N–C) groups is 1. The molecule has 0 unspecified atom stereocenters. The molecule has 2 aromatic heterocycles. The van der Waals surface area contributed by atoms with E-state index in [0.29, 0.717) is 19.0 Å². The van der Waals surface area contributed by atoms with E-state index in [1.165, 1.54) is 0 Å². The molecule has 0 radical (unpaired) electrons. The van der Waals surface area contributed by atoms with Crippen LogP contribution in [0.25, 0.3) is 22.4 Å². The van der Waals surface area contributed by atoms with E-state index in [2.05, 4.69) is 38.8 Å². The number of nitrogens with zero attached hydrogens (tertiary/aromatic N) is 3. The van der Waals surface area contributed by atoms with E-state index in [4.69, 9.17) is 9.41 Å². The largest absolute Gasteiger partial charge is 0.444 e. The minimum absolute atomic E-state index is 0. The monoisotopic (exact) mass is 513 g/mol. The number of benzene rings is 2. The van der Waals surface area contributed by atoms with Crippen LogP contribution in [0.3, 0.4) is 0 Å². The summed E-state index contributed by atoms with van der Waals surface area (Å²) in [6, 6.07) is 20.0. The number of nitrogens with one attached hydrogen (secondary N) is 2. The molecule has 30 heavy (non-hydrogen) atoms. The summed E-state index contributed by atoms with van der Waals surface area (Å²) < 4.78 is 5.60. The number of oxazole rings is 1. The van der Waals surface area contributed by atoms with Gasteiger partial charge in [-0.15, -0.1) is 24.0 Å². The van der Waals surface area contributed by atoms with Gasteiger partial charge in [0.15, 0.2) is 5.96 Å². The van der Waals surface area contributed by atoms with Crippen molar-refractivity contribution in [1.29, 1.82) is 0 Å². The Morgan fingerprint density at radius 1 is 1.00 bits per heavy atom. The Hall–Kier alpha value is -2.94. The van der Waals surface area contributed by atoms with Crippen molar-refractivity contribution < 1.29 is 4.42 Å². The van der Waals surface area contributed by atoms with Gasteiger partial charge in [-0.25, -0.2) is 9.98 Å². The number of pyridine rings is 1. The van der Waals surface area contributed by atoms with Crippen LogP contribution in [0.4, 0.5) is 0 Å². The smallest absolute Gasteiger partial charge is 0.226 e. The maximum absolute atomic E-state index is 5.60. The summed E-state index contributed by atoms with van der Waals surface area (Å²) in [6.07, 6.45) is 3.49. The molecule has 0 spiro atoms. The van der Waals surface area contributed by atoms with Gasteiger partial charge < -0.3 is 15.1 Å². The van der Waals surface area contributed by atoms with Crippen molar-refractivity contribution >= 4 is 40.8 Å². The van der Waals surface area contributed by atoms with Crippen molar-refractivity contribution in [3.05, 3.63) is 84.4 Å². The fraction of sp³-hybridized carbons (Fsp3) is 0.174. The molecule has 154 valence electrons. The third-order valence-electron chi connectivity index (χ3n) is 4.48. The first-order valence-corrected chi connectivity index (χ1v) is 9.68. The van der Waals surface area contributed by atoms with Crippen molar-refractivity contribution in [2.24, 2.45) is 4.99 Å². The zero-order chi connectivity index (χ0) is 19.9. The van der Waals surface area contributed by atoms with E-state index in [0.717, 1.165) is 40.2 Å². The van der Waals surface area contributed by atoms with Crippen molar-refractivity contribution in [3.63, 3.8) is 0 Å². The summed E-state index contributed by atoms with van der Waals surface area (Å²) >= 11 is 0. The second kappa shape index (κ2) is 10.7. The first-order valence-electron chi connectivity index (χ1n) is 9.68. The quantitative estimate of drug-likeness (QED) is 0.221. The Bertz CT molecular complexity index is 1110. The van der Waals surface area contributed by atoms with Crippen LogP contribution in [0.15, 0.2) is 82.5 Å². The molecule has 7 heteroatoms. The summed E-state index contributed by atoms with van der Waals surface area (Å²) in [7, 11) is 0. The molecule has 0 fully saturated rings. The molecular weight excluding hydrogens is 489 g/mol. The van der Waals surface area contributed by atoms with Gasteiger partial charge in [0.25, 0.3) is 0 Å². The van der Waals surface area contributed by atoms with Crippen molar-refractivity contribution in [2.45, 2.75) is 20.0 Å². The average molecular weight is 513 g/mol. The van der Waals surface area contributed by atoms with Gasteiger partial charge in [0, 0.05) is 23.7 Å². The lowest BCUT2D eigenvalue weighted by Gasteiger charge is -2.10. The molecule has 0 atom stereocenters. The van der Waals surface area contributed by atoms with Crippen LogP contribution in [0.2, 0.25) is 0 Å². The second-order valence-corrected chi connectivity index (χ2v) is 6.55. The highest BCUT2D eigenvalue weighted by atomic mass is 127. The van der Waals surface area contributed by atoms with Crippen molar-refractivity contribution in [2.75, 3.05) is 6.54 Å². The lowest BCUT2D eigenvalue weighted by atomic mass is 10.1. The van der Waals surface area contributed by atoms with E-state index in [1.54, 1.807) is 6.26 Å². The van der Waals surface area contributed by atoms with E-state index in [1.807, 2.05) is 55.6 Å². The third-order valence-corrected chi connectivity index (χ3v) is 4.48. The molecule has 2 N–H and O–H groups in total. The van der Waals surface area contributed by atoms with Crippen LogP contribution >= 0.6 is 24.0 Å². The van der Waals surface area contributed by atoms with Gasteiger partial charge in [-0.1, -0.05) is 42.5 Å². The van der Waals surface area contributed by atoms with Gasteiger partial charge in [-0.05, 0) is 30.7 Å². The number of aromatic nitrogens is 2. The van der Waals surface area contributed by atoms with Crippen molar-refractivity contribution in [3.8, 4) is 11.5 Å². The topological polar surface area (TPSA) is 75.3 Å². The minimum atomic E-state index is 0. The predicted molar refractivity (Wildman–Crippen MR) is 131 cm³/mol. The molecule has 0 amide bonds. The highest BCUT2D eigenvalue weighted by Crippen LogP contribution is 2.18. The molecule has 4 aromatic rings. The Labute approximate surface area is 192 Å². The molecule has 6 nitrogen and oxygen atoms in total. The van der Waals surface area contributed by atoms with E-state index >= 15 is 0 Å². The fourth-order valence-electron chi connectivity index (χ4n) is 3.08. The first kappa shape index (κ1) is 21.8. The van der Waals surface area contributed by atoms with Gasteiger partial charge >= 0.3 is 0 Å². The second-order valence-electron chi connectivity index (χ2n) is 6.55. The number of para-hydroxylation sites is 1. The lowest BCUT2D eigenvalue weighted by molar-refractivity contribution is 0.572. The number of hydrogen-bond acceptors (Lipinski definition) is 4. The predicted octanol–water partition coefficient (Wildman–Crippen LogP) is 4.76. The van der Waals surface area contributed by atoms with Crippen LogP contribution in [0, 0.1) is 0 Å². The Morgan fingerprint density at radius 2 is 1.83 bits per heavy atom. The third kappa shape index (κ3) is 5.35. The van der Waals surface area contributed by atoms with Crippen LogP contribution < -0.4 is 10.6 Å². The van der Waals surface area contributed by atoms with Gasteiger partial charge in [0.1, 0.15) is 6.26 Å². The summed E-state index contributed by atoms with van der Waals surface area (Å²) in [5.74, 6) is 1.34. The van der Waals surface area contributed by atoms with E-state index in [9.17, 15) is 0 Å². The molecule has 2 heterocycles. The number of fused-ring (bicyclic) bond motifs is 1. The Balaban J connectivity index is 0.00000256. The number of hydrogen-bond donors (Lipinski definition) is 2. The number of halogens is 1. The first-order chi connectivity index (χ1) is 14.3. The van der Waals surface area contributed by atoms with Gasteiger partial charge in [0.2, 0.25) is 5.89 Å². The summed E-state index contributed by atoms with van der Waals surface area (Å²) in [5, 5.41) is 7.71. The minimum Gasteiger partial charge on any atom is -0.444 e. The molecule has 2 aromatic carbocycles. The standard InChI is InChI=1S/C23H23N5O.HI/c1-2-24-23(26-14-19-11-6-10-17-12-7-13-25-21(17)19)27-15-20-16-29-22(28-20)18-8-4-3-5-9-18;/h3-13,16H,2,14-15H2,1H3,(H2,24,26,27);1H. The molecular formula is C23H24IN5O. The summed E-state index contributed by atoms with van der Waals surface area (Å²) in [4.78, 5) is 13.8. The maximum atomic E-state index is 5.60. The van der Waals surface area contributed by atoms with Gasteiger partial charge in [-0.3, -0.25) is 4.98 Å². The van der Waals surface area contributed by atoms with Gasteiger partial charge in [0.05, 0.1) is 24.3 Å². The van der Waals surface area contributed by atoms with Crippen LogP contribution in [0.5, 0.6) is 0 Å². The molecule has 0 bridgehead atoms. The highest BCUT2D eigenvalue weighted by Gasteiger charge is 2.07. The van der Waals surface area contributed by atoms with Gasteiger partial charge in [-0.2, -0.15) is 0 Å². The van der Waals surface area contributed by atoms with Crippen LogP contribution in [-0.2, 0) is 13.1 Å². The zero-order valence-electron chi connectivity index (χ0n) is 16.7. The SMILES string of the molecule is CCNC(=NCc1cccc2cccnc12)NCc1coc(-c2ccccc2)n1.I. The lowest BCUT2D eigenvalue weighted by Crippen LogP contribution is -2.36. The highest BCUT2D eigenvalue weighted by molar-refractivity contribution is 14.0. The fourth-order valence-corrected chi connectivity index (χ4v) is 3.08. The maximum Gasteiger partial charge on any atom is 0.226 e. The number of rotatable bonds is 6.